The van der Waals surface area contributed by atoms with Gasteiger partial charge in [-0.1, -0.05) is 18.9 Å². The van der Waals surface area contributed by atoms with E-state index >= 15 is 0 Å². The van der Waals surface area contributed by atoms with E-state index < -0.39 is 0 Å². The summed E-state index contributed by atoms with van der Waals surface area (Å²) in [7, 11) is 0. The molecular formula is C10H20O. The Balaban J connectivity index is 2.85. The van der Waals surface area contributed by atoms with Crippen LogP contribution in [0, 0.1) is 0 Å². The second kappa shape index (κ2) is 7.80. The molecule has 0 N–H and O–H groups in total. The Labute approximate surface area is 70.4 Å². The van der Waals surface area contributed by atoms with Crippen LogP contribution in [0.15, 0.2) is 12.2 Å². The second-order valence-electron chi connectivity index (χ2n) is 3.03. The van der Waals surface area contributed by atoms with Gasteiger partial charge < -0.3 is 4.74 Å². The van der Waals surface area contributed by atoms with Crippen LogP contribution in [-0.2, 0) is 4.74 Å². The van der Waals surface area contributed by atoms with Crippen LogP contribution in [0.25, 0.3) is 0 Å². The fourth-order valence-electron chi connectivity index (χ4n) is 0.824. The normalized spacial score (nSPS) is 10.0. The van der Waals surface area contributed by atoms with Gasteiger partial charge in [-0.25, -0.2) is 0 Å². The summed E-state index contributed by atoms with van der Waals surface area (Å²) in [6, 6.07) is 0. The zero-order chi connectivity index (χ0) is 8.53. The van der Waals surface area contributed by atoms with Crippen molar-refractivity contribution in [2.75, 3.05) is 13.2 Å². The first-order chi connectivity index (χ1) is 5.27. The molecular weight excluding hydrogens is 136 g/mol. The molecule has 0 aromatic rings. The first-order valence-electron chi connectivity index (χ1n) is 4.49. The molecule has 0 fully saturated rings. The summed E-state index contributed by atoms with van der Waals surface area (Å²) in [5.74, 6) is 0. The van der Waals surface area contributed by atoms with Crippen molar-refractivity contribution >= 4 is 0 Å². The highest BCUT2D eigenvalue weighted by molar-refractivity contribution is 4.86. The van der Waals surface area contributed by atoms with E-state index in [0.717, 1.165) is 26.1 Å². The summed E-state index contributed by atoms with van der Waals surface area (Å²) in [4.78, 5) is 0. The van der Waals surface area contributed by atoms with Crippen LogP contribution in [0.1, 0.15) is 39.5 Å². The molecule has 11 heavy (non-hydrogen) atoms. The van der Waals surface area contributed by atoms with Crippen LogP contribution in [0.2, 0.25) is 0 Å². The highest BCUT2D eigenvalue weighted by atomic mass is 16.5. The van der Waals surface area contributed by atoms with Crippen LogP contribution in [0.5, 0.6) is 0 Å². The lowest BCUT2D eigenvalue weighted by atomic mass is 10.2. The number of unbranched alkanes of at least 4 members (excludes halogenated alkanes) is 1. The first-order valence-corrected chi connectivity index (χ1v) is 4.49. The van der Waals surface area contributed by atoms with Gasteiger partial charge in [0.2, 0.25) is 0 Å². The minimum Gasteiger partial charge on any atom is -0.381 e. The lowest BCUT2D eigenvalue weighted by Crippen LogP contribution is -1.96. The Kier molecular flexibility index (Phi) is 7.59. The Bertz CT molecular complexity index is 97.0. The number of allylic oxidation sites excluding steroid dienone is 1. The van der Waals surface area contributed by atoms with E-state index in [2.05, 4.69) is 20.4 Å². The average molecular weight is 156 g/mol. The predicted molar refractivity (Wildman–Crippen MR) is 49.8 cm³/mol. The standard InChI is InChI=1S/C10H20O/c1-4-5-8-11-9-6-7-10(2)3/h2,4-9H2,1,3H3. The molecule has 0 saturated carbocycles. The number of hydrogen-bond donors (Lipinski definition) is 0. The largest absolute Gasteiger partial charge is 0.381 e. The Morgan fingerprint density at radius 2 is 1.91 bits per heavy atom. The highest BCUT2D eigenvalue weighted by Crippen LogP contribution is 2.00. The van der Waals surface area contributed by atoms with Gasteiger partial charge in [-0.2, -0.15) is 0 Å². The average Bonchev–Trinajstić information content (AvgIpc) is 1.96. The number of rotatable bonds is 7. The summed E-state index contributed by atoms with van der Waals surface area (Å²) in [6.45, 7) is 9.89. The molecule has 0 heterocycles. The van der Waals surface area contributed by atoms with Crippen LogP contribution in [0.3, 0.4) is 0 Å². The van der Waals surface area contributed by atoms with Gasteiger partial charge >= 0.3 is 0 Å². The smallest absolute Gasteiger partial charge is 0.0469 e. The lowest BCUT2D eigenvalue weighted by molar-refractivity contribution is 0.129. The van der Waals surface area contributed by atoms with Crippen LogP contribution in [-0.4, -0.2) is 13.2 Å². The van der Waals surface area contributed by atoms with E-state index in [1.54, 1.807) is 0 Å². The molecule has 66 valence electrons. The van der Waals surface area contributed by atoms with E-state index in [4.69, 9.17) is 4.74 Å². The van der Waals surface area contributed by atoms with Gasteiger partial charge in [0, 0.05) is 13.2 Å². The third-order valence-electron chi connectivity index (χ3n) is 1.53. The molecule has 0 unspecified atom stereocenters. The van der Waals surface area contributed by atoms with Crippen LogP contribution in [0.4, 0.5) is 0 Å². The maximum absolute atomic E-state index is 5.38. The SMILES string of the molecule is C=C(C)CCCOCCCC. The van der Waals surface area contributed by atoms with E-state index in [1.807, 2.05) is 0 Å². The van der Waals surface area contributed by atoms with Crippen molar-refractivity contribution in [1.82, 2.24) is 0 Å². The molecule has 0 aromatic carbocycles. The summed E-state index contributed by atoms with van der Waals surface area (Å²) < 4.78 is 5.38. The monoisotopic (exact) mass is 156 g/mol. The molecule has 0 aliphatic heterocycles. The van der Waals surface area contributed by atoms with Gasteiger partial charge in [0.05, 0.1) is 0 Å². The maximum Gasteiger partial charge on any atom is 0.0469 e. The molecule has 0 bridgehead atoms. The summed E-state index contributed by atoms with van der Waals surface area (Å²) in [5.41, 5.74) is 1.25. The van der Waals surface area contributed by atoms with Crippen molar-refractivity contribution < 1.29 is 4.74 Å². The fraction of sp³-hybridized carbons (Fsp3) is 0.800. The third kappa shape index (κ3) is 9.70. The zero-order valence-corrected chi connectivity index (χ0v) is 7.86. The van der Waals surface area contributed by atoms with Gasteiger partial charge in [0.1, 0.15) is 0 Å². The number of ether oxygens (including phenoxy) is 1. The van der Waals surface area contributed by atoms with Gasteiger partial charge in [0.15, 0.2) is 0 Å². The zero-order valence-electron chi connectivity index (χ0n) is 7.86. The van der Waals surface area contributed by atoms with Gasteiger partial charge in [-0.15, -0.1) is 6.58 Å². The molecule has 1 nitrogen and oxygen atoms in total. The highest BCUT2D eigenvalue weighted by Gasteiger charge is 1.88. The third-order valence-corrected chi connectivity index (χ3v) is 1.53. The van der Waals surface area contributed by atoms with Gasteiger partial charge in [-0.05, 0) is 26.2 Å². The summed E-state index contributed by atoms with van der Waals surface area (Å²) in [6.07, 6.45) is 4.64. The Morgan fingerprint density at radius 1 is 1.27 bits per heavy atom. The molecule has 0 saturated heterocycles. The topological polar surface area (TPSA) is 9.23 Å². The van der Waals surface area contributed by atoms with Crippen molar-refractivity contribution in [2.45, 2.75) is 39.5 Å². The molecule has 0 atom stereocenters. The van der Waals surface area contributed by atoms with Crippen LogP contribution >= 0.6 is 0 Å². The van der Waals surface area contributed by atoms with Crippen molar-refractivity contribution in [2.24, 2.45) is 0 Å². The fourth-order valence-corrected chi connectivity index (χ4v) is 0.824. The second-order valence-corrected chi connectivity index (χ2v) is 3.03. The summed E-state index contributed by atoms with van der Waals surface area (Å²) in [5, 5.41) is 0. The van der Waals surface area contributed by atoms with Crippen molar-refractivity contribution in [3.8, 4) is 0 Å². The van der Waals surface area contributed by atoms with E-state index in [0.29, 0.717) is 0 Å². The minimum absolute atomic E-state index is 0.896. The molecule has 0 amide bonds. The molecule has 0 aliphatic rings. The van der Waals surface area contributed by atoms with E-state index in [1.165, 1.54) is 18.4 Å². The minimum atomic E-state index is 0.896. The maximum atomic E-state index is 5.38. The molecule has 1 heteroatoms. The molecule has 0 aromatic heterocycles. The van der Waals surface area contributed by atoms with Gasteiger partial charge in [-0.3, -0.25) is 0 Å². The quantitative estimate of drug-likeness (QED) is 0.406. The Morgan fingerprint density at radius 3 is 2.45 bits per heavy atom. The van der Waals surface area contributed by atoms with Crippen molar-refractivity contribution in [3.05, 3.63) is 12.2 Å². The van der Waals surface area contributed by atoms with Crippen molar-refractivity contribution in [3.63, 3.8) is 0 Å². The molecule has 0 radical (unpaired) electrons. The van der Waals surface area contributed by atoms with Gasteiger partial charge in [0.25, 0.3) is 0 Å². The summed E-state index contributed by atoms with van der Waals surface area (Å²) >= 11 is 0. The molecule has 0 rings (SSSR count). The Hall–Kier alpha value is -0.300. The molecule has 0 aliphatic carbocycles. The predicted octanol–water partition coefficient (Wildman–Crippen LogP) is 3.16. The van der Waals surface area contributed by atoms with E-state index in [-0.39, 0.29) is 0 Å². The first kappa shape index (κ1) is 10.7. The van der Waals surface area contributed by atoms with E-state index in [9.17, 15) is 0 Å². The van der Waals surface area contributed by atoms with Crippen molar-refractivity contribution in [1.29, 1.82) is 0 Å². The number of hydrogen-bond acceptors (Lipinski definition) is 1. The lowest BCUT2D eigenvalue weighted by Gasteiger charge is -2.02. The van der Waals surface area contributed by atoms with Crippen LogP contribution < -0.4 is 0 Å². The molecule has 0 spiro atoms.